The molecule has 0 aliphatic carbocycles. The van der Waals surface area contributed by atoms with Crippen molar-refractivity contribution in [2.24, 2.45) is 0 Å². The highest BCUT2D eigenvalue weighted by Gasteiger charge is 2.21. The van der Waals surface area contributed by atoms with Crippen molar-refractivity contribution in [2.45, 2.75) is 0 Å². The summed E-state index contributed by atoms with van der Waals surface area (Å²) in [5, 5.41) is 1.12. The second-order valence-corrected chi connectivity index (χ2v) is 9.78. The van der Waals surface area contributed by atoms with Crippen LogP contribution in [0.1, 0.15) is 0 Å². The minimum Gasteiger partial charge on any atom is -0.293 e. The molecule has 188 valence electrons. The molecule has 0 spiro atoms. The van der Waals surface area contributed by atoms with Crippen molar-refractivity contribution in [3.8, 4) is 39.6 Å². The maximum absolute atomic E-state index is 5.13. The predicted octanol–water partition coefficient (Wildman–Crippen LogP) is 8.22. The summed E-state index contributed by atoms with van der Waals surface area (Å²) in [7, 11) is 0. The van der Waals surface area contributed by atoms with Gasteiger partial charge in [-0.05, 0) is 30.3 Å². The summed E-state index contributed by atoms with van der Waals surface area (Å²) in [6.07, 6.45) is 2.08. The molecular weight excluding hydrogens is 490 g/mol. The molecule has 0 atom stereocenters. The fourth-order valence-electron chi connectivity index (χ4n) is 5.55. The Morgan fingerprint density at radius 3 is 2.05 bits per heavy atom. The van der Waals surface area contributed by atoms with Gasteiger partial charge < -0.3 is 0 Å². The maximum Gasteiger partial charge on any atom is 0.160 e. The normalized spacial score (nSPS) is 11.5. The van der Waals surface area contributed by atoms with Crippen LogP contribution in [0.3, 0.4) is 0 Å². The molecule has 0 bridgehead atoms. The predicted molar refractivity (Wildman–Crippen MR) is 161 cm³/mol. The molecule has 4 aromatic heterocycles. The number of fused-ring (bicyclic) bond motifs is 5. The second kappa shape index (κ2) is 9.03. The molecule has 0 aliphatic heterocycles. The highest BCUT2D eigenvalue weighted by atomic mass is 15.1. The molecule has 0 radical (unpaired) electrons. The molecule has 8 aromatic rings. The summed E-state index contributed by atoms with van der Waals surface area (Å²) in [4.78, 5) is 15.1. The second-order valence-electron chi connectivity index (χ2n) is 9.78. The average molecular weight is 514 g/mol. The molecule has 4 aromatic carbocycles. The van der Waals surface area contributed by atoms with Crippen molar-refractivity contribution in [3.63, 3.8) is 0 Å². The van der Waals surface area contributed by atoms with Crippen LogP contribution in [-0.4, -0.2) is 23.9 Å². The van der Waals surface area contributed by atoms with Crippen molar-refractivity contribution >= 4 is 27.7 Å². The maximum atomic E-state index is 5.13. The third-order valence-electron chi connectivity index (χ3n) is 7.37. The van der Waals surface area contributed by atoms with E-state index in [0.717, 1.165) is 61.5 Å². The molecule has 0 saturated carbocycles. The Bertz CT molecular complexity index is 2090. The van der Waals surface area contributed by atoms with Crippen LogP contribution in [0.25, 0.3) is 67.3 Å². The number of hydrogen-bond acceptors (Lipinski definition) is 3. The van der Waals surface area contributed by atoms with Crippen LogP contribution >= 0.6 is 0 Å². The van der Waals surface area contributed by atoms with Gasteiger partial charge in [0.1, 0.15) is 11.2 Å². The van der Waals surface area contributed by atoms with Gasteiger partial charge in [0.15, 0.2) is 11.5 Å². The van der Waals surface area contributed by atoms with Crippen molar-refractivity contribution in [3.05, 3.63) is 140 Å². The zero-order chi connectivity index (χ0) is 26.5. The van der Waals surface area contributed by atoms with Crippen LogP contribution in [0, 0.1) is 0 Å². The minimum atomic E-state index is 0.698. The van der Waals surface area contributed by atoms with Gasteiger partial charge in [0, 0.05) is 28.3 Å². The van der Waals surface area contributed by atoms with Gasteiger partial charge in [0.05, 0.1) is 22.6 Å². The Balaban J connectivity index is 1.44. The van der Waals surface area contributed by atoms with E-state index in [1.807, 2.05) is 54.6 Å². The summed E-state index contributed by atoms with van der Waals surface area (Å²) >= 11 is 0. The lowest BCUT2D eigenvalue weighted by molar-refractivity contribution is 1.09. The first kappa shape index (κ1) is 22.4. The van der Waals surface area contributed by atoms with Gasteiger partial charge in [-0.25, -0.2) is 15.0 Å². The number of aromatic nitrogens is 5. The molecule has 4 heterocycles. The molecule has 0 unspecified atom stereocenters. The lowest BCUT2D eigenvalue weighted by Gasteiger charge is -2.15. The van der Waals surface area contributed by atoms with Crippen molar-refractivity contribution < 1.29 is 0 Å². The number of rotatable bonds is 4. The highest BCUT2D eigenvalue weighted by Crippen LogP contribution is 2.37. The van der Waals surface area contributed by atoms with Crippen LogP contribution in [0.15, 0.2) is 140 Å². The summed E-state index contributed by atoms with van der Waals surface area (Å²) in [5.41, 5.74) is 9.88. The topological polar surface area (TPSA) is 48.0 Å². The van der Waals surface area contributed by atoms with E-state index in [9.17, 15) is 0 Å². The Kier molecular flexibility index (Phi) is 5.07. The third kappa shape index (κ3) is 3.52. The fourth-order valence-corrected chi connectivity index (χ4v) is 5.55. The summed E-state index contributed by atoms with van der Waals surface area (Å²) in [5.74, 6) is 0.698. The lowest BCUT2D eigenvalue weighted by atomic mass is 10.0. The van der Waals surface area contributed by atoms with E-state index < -0.39 is 0 Å². The number of benzene rings is 4. The van der Waals surface area contributed by atoms with E-state index in [0.29, 0.717) is 5.82 Å². The molecular formula is C35H23N5. The molecule has 0 fully saturated rings. The van der Waals surface area contributed by atoms with Crippen LogP contribution in [0.4, 0.5) is 0 Å². The average Bonchev–Trinajstić information content (AvgIpc) is 3.56. The molecule has 5 heteroatoms. The van der Waals surface area contributed by atoms with Crippen molar-refractivity contribution in [1.29, 1.82) is 0 Å². The monoisotopic (exact) mass is 513 g/mol. The van der Waals surface area contributed by atoms with Gasteiger partial charge in [0.2, 0.25) is 0 Å². The van der Waals surface area contributed by atoms with E-state index in [1.165, 1.54) is 0 Å². The molecule has 0 amide bonds. The standard InChI is InChI=1S/C35H23N5/c1-3-13-24(14-4-1)28-23-29(37-34(36-28)25-15-5-2-6-16-25)26-17-7-9-19-30(26)40-31-20-10-8-18-27(31)33-35(40)39-22-12-11-21-32(39)38-33/h1-23H. The third-order valence-corrected chi connectivity index (χ3v) is 7.37. The van der Waals surface area contributed by atoms with Gasteiger partial charge in [-0.3, -0.25) is 8.97 Å². The van der Waals surface area contributed by atoms with E-state index in [1.54, 1.807) is 0 Å². The number of para-hydroxylation sites is 2. The first-order valence-corrected chi connectivity index (χ1v) is 13.3. The summed E-state index contributed by atoms with van der Waals surface area (Å²) in [6.45, 7) is 0. The van der Waals surface area contributed by atoms with Gasteiger partial charge in [-0.15, -0.1) is 0 Å². The smallest absolute Gasteiger partial charge is 0.160 e. The van der Waals surface area contributed by atoms with E-state index >= 15 is 0 Å². The number of pyridine rings is 1. The van der Waals surface area contributed by atoms with Crippen LogP contribution in [0.5, 0.6) is 0 Å². The highest BCUT2D eigenvalue weighted by molar-refractivity contribution is 6.08. The van der Waals surface area contributed by atoms with Crippen LogP contribution in [-0.2, 0) is 0 Å². The Labute approximate surface area is 230 Å². The first-order valence-electron chi connectivity index (χ1n) is 13.3. The SMILES string of the molecule is c1ccc(-c2cc(-c3ccccc3-n3c4ccccc4c4nc5ccccn5c43)nc(-c3ccccc3)n2)cc1. The van der Waals surface area contributed by atoms with Gasteiger partial charge in [0.25, 0.3) is 0 Å². The summed E-state index contributed by atoms with van der Waals surface area (Å²) < 4.78 is 4.48. The molecule has 0 aliphatic rings. The van der Waals surface area contributed by atoms with Crippen LogP contribution < -0.4 is 0 Å². The molecule has 0 N–H and O–H groups in total. The van der Waals surface area contributed by atoms with Crippen LogP contribution in [0.2, 0.25) is 0 Å². The molecule has 5 nitrogen and oxygen atoms in total. The zero-order valence-corrected chi connectivity index (χ0v) is 21.5. The number of imidazole rings is 1. The Morgan fingerprint density at radius 2 is 1.20 bits per heavy atom. The van der Waals surface area contributed by atoms with E-state index in [2.05, 4.69) is 94.0 Å². The number of hydrogen-bond donors (Lipinski definition) is 0. The van der Waals surface area contributed by atoms with E-state index in [-0.39, 0.29) is 0 Å². The zero-order valence-electron chi connectivity index (χ0n) is 21.5. The van der Waals surface area contributed by atoms with Crippen molar-refractivity contribution in [2.75, 3.05) is 0 Å². The number of nitrogens with zero attached hydrogens (tertiary/aromatic N) is 5. The molecule has 0 saturated heterocycles. The van der Waals surface area contributed by atoms with Gasteiger partial charge >= 0.3 is 0 Å². The lowest BCUT2D eigenvalue weighted by Crippen LogP contribution is -2.02. The largest absolute Gasteiger partial charge is 0.293 e. The Morgan fingerprint density at radius 1 is 0.525 bits per heavy atom. The molecule has 8 rings (SSSR count). The van der Waals surface area contributed by atoms with E-state index in [4.69, 9.17) is 15.0 Å². The quantitative estimate of drug-likeness (QED) is 0.238. The minimum absolute atomic E-state index is 0.698. The fraction of sp³-hybridized carbons (Fsp3) is 0. The Hall–Kier alpha value is -5.55. The van der Waals surface area contributed by atoms with Crippen molar-refractivity contribution in [1.82, 2.24) is 23.9 Å². The van der Waals surface area contributed by atoms with Gasteiger partial charge in [-0.1, -0.05) is 103 Å². The van der Waals surface area contributed by atoms with Gasteiger partial charge in [-0.2, -0.15) is 0 Å². The first-order chi connectivity index (χ1) is 19.8. The summed E-state index contributed by atoms with van der Waals surface area (Å²) in [6, 6.07) is 45.6. The molecule has 40 heavy (non-hydrogen) atoms.